The van der Waals surface area contributed by atoms with Crippen LogP contribution in [0.2, 0.25) is 5.22 Å². The van der Waals surface area contributed by atoms with E-state index in [4.69, 9.17) is 16.0 Å². The van der Waals surface area contributed by atoms with E-state index in [1.165, 1.54) is 6.26 Å². The second-order valence-corrected chi connectivity index (χ2v) is 6.64. The van der Waals surface area contributed by atoms with Crippen molar-refractivity contribution in [1.29, 1.82) is 0 Å². The fourth-order valence-corrected chi connectivity index (χ4v) is 2.65. The van der Waals surface area contributed by atoms with E-state index in [1.807, 2.05) is 13.0 Å². The highest BCUT2D eigenvalue weighted by molar-refractivity contribution is 7.90. The summed E-state index contributed by atoms with van der Waals surface area (Å²) in [4.78, 5) is 0. The van der Waals surface area contributed by atoms with Crippen molar-refractivity contribution in [2.75, 3.05) is 18.6 Å². The van der Waals surface area contributed by atoms with E-state index in [2.05, 4.69) is 5.32 Å². The molecule has 1 rings (SSSR count). The lowest BCUT2D eigenvalue weighted by Crippen LogP contribution is -2.21. The van der Waals surface area contributed by atoms with Crippen LogP contribution >= 0.6 is 11.6 Å². The molecule has 0 saturated heterocycles. The van der Waals surface area contributed by atoms with E-state index in [1.54, 1.807) is 6.26 Å². The van der Waals surface area contributed by atoms with Gasteiger partial charge in [-0.3, -0.25) is 0 Å². The van der Waals surface area contributed by atoms with Crippen molar-refractivity contribution < 1.29 is 12.8 Å². The Labute approximate surface area is 107 Å². The molecule has 4 nitrogen and oxygen atoms in total. The van der Waals surface area contributed by atoms with Crippen LogP contribution in [0.1, 0.15) is 31.4 Å². The quantitative estimate of drug-likeness (QED) is 0.833. The molecule has 1 aromatic heterocycles. The summed E-state index contributed by atoms with van der Waals surface area (Å²) in [6.07, 6.45) is 4.12. The first-order chi connectivity index (χ1) is 7.94. The van der Waals surface area contributed by atoms with Gasteiger partial charge in [-0.15, -0.1) is 0 Å². The van der Waals surface area contributed by atoms with Crippen molar-refractivity contribution in [3.05, 3.63) is 23.1 Å². The lowest BCUT2D eigenvalue weighted by molar-refractivity contribution is 0.496. The van der Waals surface area contributed by atoms with E-state index in [0.717, 1.165) is 18.5 Å². The van der Waals surface area contributed by atoms with Crippen molar-refractivity contribution in [1.82, 2.24) is 5.32 Å². The van der Waals surface area contributed by atoms with Gasteiger partial charge in [-0.2, -0.15) is 0 Å². The van der Waals surface area contributed by atoms with Crippen LogP contribution in [-0.2, 0) is 9.84 Å². The van der Waals surface area contributed by atoms with Crippen LogP contribution in [0.25, 0.3) is 0 Å². The van der Waals surface area contributed by atoms with Crippen molar-refractivity contribution in [2.24, 2.45) is 0 Å². The van der Waals surface area contributed by atoms with E-state index in [9.17, 15) is 8.42 Å². The number of halogens is 1. The molecule has 1 unspecified atom stereocenters. The Morgan fingerprint density at radius 3 is 2.71 bits per heavy atom. The number of rotatable bonds is 7. The molecule has 1 aromatic rings. The molecule has 1 atom stereocenters. The average molecular weight is 280 g/mol. The maximum atomic E-state index is 11.1. The number of sulfone groups is 1. The maximum Gasteiger partial charge on any atom is 0.197 e. The number of furan rings is 1. The van der Waals surface area contributed by atoms with E-state index in [-0.39, 0.29) is 11.8 Å². The maximum absolute atomic E-state index is 11.1. The first-order valence-electron chi connectivity index (χ1n) is 5.58. The Balaban J connectivity index is 2.59. The molecule has 0 aliphatic rings. The monoisotopic (exact) mass is 279 g/mol. The van der Waals surface area contributed by atoms with Crippen LogP contribution in [0.3, 0.4) is 0 Å². The molecule has 0 aliphatic carbocycles. The van der Waals surface area contributed by atoms with Crippen molar-refractivity contribution in [3.63, 3.8) is 0 Å². The van der Waals surface area contributed by atoms with Gasteiger partial charge in [0.05, 0.1) is 6.26 Å². The molecule has 6 heteroatoms. The van der Waals surface area contributed by atoms with Crippen LogP contribution in [0.4, 0.5) is 0 Å². The van der Waals surface area contributed by atoms with E-state index in [0.29, 0.717) is 11.6 Å². The first-order valence-corrected chi connectivity index (χ1v) is 8.02. The number of nitrogens with one attached hydrogen (secondary N) is 1. The fourth-order valence-electron chi connectivity index (χ4n) is 1.72. The van der Waals surface area contributed by atoms with Crippen molar-refractivity contribution in [2.45, 2.75) is 25.8 Å². The summed E-state index contributed by atoms with van der Waals surface area (Å²) in [6, 6.07) is 1.86. The Morgan fingerprint density at radius 1 is 1.53 bits per heavy atom. The highest BCUT2D eigenvalue weighted by Crippen LogP contribution is 2.27. The van der Waals surface area contributed by atoms with Crippen LogP contribution < -0.4 is 5.32 Å². The van der Waals surface area contributed by atoms with Gasteiger partial charge in [0, 0.05) is 23.6 Å². The van der Waals surface area contributed by atoms with Crippen LogP contribution in [0.5, 0.6) is 0 Å². The lowest BCUT2D eigenvalue weighted by atomic mass is 10.1. The van der Waals surface area contributed by atoms with Gasteiger partial charge in [-0.1, -0.05) is 6.92 Å². The molecule has 0 spiro atoms. The van der Waals surface area contributed by atoms with Crippen LogP contribution in [-0.4, -0.2) is 27.0 Å². The van der Waals surface area contributed by atoms with Gasteiger partial charge >= 0.3 is 0 Å². The van der Waals surface area contributed by atoms with Gasteiger partial charge in [0.15, 0.2) is 5.22 Å². The fraction of sp³-hybridized carbons (Fsp3) is 0.636. The molecular weight excluding hydrogens is 262 g/mol. The van der Waals surface area contributed by atoms with E-state index >= 15 is 0 Å². The topological polar surface area (TPSA) is 59.3 Å². The number of hydrogen-bond donors (Lipinski definition) is 1. The van der Waals surface area contributed by atoms with Gasteiger partial charge in [-0.05, 0) is 37.1 Å². The normalized spacial score (nSPS) is 13.8. The highest BCUT2D eigenvalue weighted by atomic mass is 35.5. The Morgan fingerprint density at radius 2 is 2.24 bits per heavy atom. The predicted octanol–water partition coefficient (Wildman–Crippen LogP) is 2.41. The minimum Gasteiger partial charge on any atom is -0.453 e. The average Bonchev–Trinajstić information content (AvgIpc) is 2.61. The highest BCUT2D eigenvalue weighted by Gasteiger charge is 2.16. The van der Waals surface area contributed by atoms with Gasteiger partial charge in [0.2, 0.25) is 0 Å². The molecule has 0 aromatic carbocycles. The number of hydrogen-bond acceptors (Lipinski definition) is 4. The van der Waals surface area contributed by atoms with Gasteiger partial charge in [0.25, 0.3) is 0 Å². The van der Waals surface area contributed by atoms with Crippen molar-refractivity contribution >= 4 is 21.4 Å². The summed E-state index contributed by atoms with van der Waals surface area (Å²) in [5, 5.41) is 3.64. The second kappa shape index (κ2) is 6.42. The summed E-state index contributed by atoms with van der Waals surface area (Å²) < 4.78 is 27.2. The molecule has 0 radical (unpaired) electrons. The largest absolute Gasteiger partial charge is 0.453 e. The summed E-state index contributed by atoms with van der Waals surface area (Å²) in [6.45, 7) is 2.79. The van der Waals surface area contributed by atoms with E-state index < -0.39 is 9.84 Å². The van der Waals surface area contributed by atoms with Crippen LogP contribution in [0.15, 0.2) is 16.7 Å². The molecule has 0 bridgehead atoms. The predicted molar refractivity (Wildman–Crippen MR) is 69.1 cm³/mol. The lowest BCUT2D eigenvalue weighted by Gasteiger charge is -2.16. The van der Waals surface area contributed by atoms with Gasteiger partial charge < -0.3 is 9.73 Å². The molecule has 17 heavy (non-hydrogen) atoms. The molecule has 98 valence electrons. The molecule has 0 saturated carbocycles. The second-order valence-electron chi connectivity index (χ2n) is 4.03. The van der Waals surface area contributed by atoms with Crippen molar-refractivity contribution in [3.8, 4) is 0 Å². The minimum atomic E-state index is -2.90. The third-order valence-electron chi connectivity index (χ3n) is 2.48. The third kappa shape index (κ3) is 5.10. The zero-order valence-corrected chi connectivity index (χ0v) is 11.6. The molecular formula is C11H18ClNO3S. The zero-order chi connectivity index (χ0) is 12.9. The SMILES string of the molecule is CCNC(CCCS(C)(=O)=O)c1ccoc1Cl. The standard InChI is InChI=1S/C11H18ClNO3S/c1-3-13-10(5-4-8-17(2,14)15)9-6-7-16-11(9)12/h6-7,10,13H,3-5,8H2,1-2H3. The Hall–Kier alpha value is -0.520. The van der Waals surface area contributed by atoms with Crippen LogP contribution in [0, 0.1) is 0 Å². The smallest absolute Gasteiger partial charge is 0.197 e. The van der Waals surface area contributed by atoms with Gasteiger partial charge in [-0.25, -0.2) is 8.42 Å². The summed E-state index contributed by atoms with van der Waals surface area (Å²) in [5.74, 6) is 0.199. The van der Waals surface area contributed by atoms with Gasteiger partial charge in [0.1, 0.15) is 9.84 Å². The minimum absolute atomic E-state index is 0.0491. The summed E-state index contributed by atoms with van der Waals surface area (Å²) in [7, 11) is -2.90. The molecule has 0 fully saturated rings. The zero-order valence-electron chi connectivity index (χ0n) is 10.1. The Kier molecular flexibility index (Phi) is 5.49. The molecule has 1 heterocycles. The first kappa shape index (κ1) is 14.5. The molecule has 0 aliphatic heterocycles. The molecule has 0 amide bonds. The summed E-state index contributed by atoms with van der Waals surface area (Å²) in [5.41, 5.74) is 0.891. The Bertz CT molecular complexity index is 441. The summed E-state index contributed by atoms with van der Waals surface area (Å²) >= 11 is 5.91. The molecule has 1 N–H and O–H groups in total. The third-order valence-corrected chi connectivity index (χ3v) is 3.82.